The highest BCUT2D eigenvalue weighted by Gasteiger charge is 2.29. The lowest BCUT2D eigenvalue weighted by Gasteiger charge is -2.42. The molecule has 0 radical (unpaired) electrons. The Morgan fingerprint density at radius 1 is 1.33 bits per heavy atom. The molecule has 2 rings (SSSR count). The van der Waals surface area contributed by atoms with Crippen LogP contribution in [-0.4, -0.2) is 61.6 Å². The van der Waals surface area contributed by atoms with Crippen molar-refractivity contribution in [3.8, 4) is 0 Å². The lowest BCUT2D eigenvalue weighted by molar-refractivity contribution is 0.0896. The topological polar surface area (TPSA) is 31.4 Å². The van der Waals surface area contributed by atoms with Crippen LogP contribution in [0.15, 0.2) is 18.3 Å². The van der Waals surface area contributed by atoms with Crippen LogP contribution in [0.3, 0.4) is 0 Å². The molecule has 1 aliphatic heterocycles. The van der Waals surface area contributed by atoms with Crippen molar-refractivity contribution in [2.24, 2.45) is 0 Å². The van der Waals surface area contributed by atoms with Crippen molar-refractivity contribution >= 4 is 0 Å². The molecule has 0 aromatic carbocycles. The van der Waals surface area contributed by atoms with Gasteiger partial charge in [0.05, 0.1) is 6.04 Å². The predicted octanol–water partition coefficient (Wildman–Crippen LogP) is 0.896. The summed E-state index contributed by atoms with van der Waals surface area (Å²) >= 11 is 0. The quantitative estimate of drug-likeness (QED) is 0.861. The van der Waals surface area contributed by atoms with Crippen LogP contribution in [0, 0.1) is 6.92 Å². The molecule has 1 N–H and O–H groups in total. The van der Waals surface area contributed by atoms with E-state index in [-0.39, 0.29) is 0 Å². The molecular formula is C14H24N4. The van der Waals surface area contributed by atoms with Crippen LogP contribution < -0.4 is 5.32 Å². The number of nitrogens with one attached hydrogen (secondary N) is 1. The van der Waals surface area contributed by atoms with Crippen molar-refractivity contribution in [1.82, 2.24) is 20.1 Å². The second-order valence-corrected chi connectivity index (χ2v) is 5.31. The first-order valence-electron chi connectivity index (χ1n) is 6.60. The predicted molar refractivity (Wildman–Crippen MR) is 74.7 cm³/mol. The smallest absolute Gasteiger partial charge is 0.0503 e. The maximum Gasteiger partial charge on any atom is 0.0503 e. The Hall–Kier alpha value is -0.970. The van der Waals surface area contributed by atoms with Gasteiger partial charge < -0.3 is 10.2 Å². The van der Waals surface area contributed by atoms with E-state index in [4.69, 9.17) is 0 Å². The summed E-state index contributed by atoms with van der Waals surface area (Å²) in [5.41, 5.74) is 2.35. The van der Waals surface area contributed by atoms with Crippen molar-refractivity contribution < 1.29 is 0 Å². The van der Waals surface area contributed by atoms with Crippen molar-refractivity contribution in [2.45, 2.75) is 19.0 Å². The monoisotopic (exact) mass is 248 g/mol. The highest BCUT2D eigenvalue weighted by Crippen LogP contribution is 2.22. The fourth-order valence-corrected chi connectivity index (χ4v) is 2.65. The van der Waals surface area contributed by atoms with Crippen LogP contribution in [0.25, 0.3) is 0 Å². The molecule has 4 heteroatoms. The number of hydrogen-bond donors (Lipinski definition) is 1. The van der Waals surface area contributed by atoms with Crippen molar-refractivity contribution in [3.63, 3.8) is 0 Å². The number of likely N-dealkylation sites (N-methyl/N-ethyl adjacent to an activating group) is 3. The Morgan fingerprint density at radius 2 is 2.11 bits per heavy atom. The molecule has 1 aromatic heterocycles. The van der Waals surface area contributed by atoms with Gasteiger partial charge in [-0.05, 0) is 39.7 Å². The van der Waals surface area contributed by atoms with Gasteiger partial charge in [0.2, 0.25) is 0 Å². The van der Waals surface area contributed by atoms with Gasteiger partial charge in [0.15, 0.2) is 0 Å². The molecule has 1 fully saturated rings. The molecule has 0 saturated carbocycles. The summed E-state index contributed by atoms with van der Waals surface area (Å²) in [6.45, 7) is 5.39. The molecule has 1 saturated heterocycles. The van der Waals surface area contributed by atoms with E-state index in [0.29, 0.717) is 12.1 Å². The number of aromatic nitrogens is 1. The molecule has 18 heavy (non-hydrogen) atoms. The van der Waals surface area contributed by atoms with Crippen molar-refractivity contribution in [1.29, 1.82) is 0 Å². The Bertz CT molecular complexity index is 376. The maximum atomic E-state index is 4.41. The third-order valence-electron chi connectivity index (χ3n) is 3.89. The number of rotatable bonds is 3. The Balaban J connectivity index is 2.19. The lowest BCUT2D eigenvalue weighted by atomic mass is 9.97. The van der Waals surface area contributed by atoms with Crippen LogP contribution >= 0.6 is 0 Å². The second-order valence-electron chi connectivity index (χ2n) is 5.31. The van der Waals surface area contributed by atoms with Gasteiger partial charge in [-0.3, -0.25) is 9.88 Å². The van der Waals surface area contributed by atoms with Gasteiger partial charge in [0.1, 0.15) is 0 Å². The highest BCUT2D eigenvalue weighted by atomic mass is 15.3. The molecule has 0 aliphatic carbocycles. The fourth-order valence-electron chi connectivity index (χ4n) is 2.65. The molecule has 2 unspecified atom stereocenters. The SMILES string of the molecule is CNC(c1ccc(C)nc1)C1CN(C)CCN1C. The number of pyridine rings is 1. The summed E-state index contributed by atoms with van der Waals surface area (Å²) in [7, 11) is 6.44. The Morgan fingerprint density at radius 3 is 2.72 bits per heavy atom. The zero-order valence-electron chi connectivity index (χ0n) is 11.8. The maximum absolute atomic E-state index is 4.41. The number of piperazine rings is 1. The fraction of sp³-hybridized carbons (Fsp3) is 0.643. The van der Waals surface area contributed by atoms with Gasteiger partial charge in [-0.2, -0.15) is 0 Å². The van der Waals surface area contributed by atoms with Crippen LogP contribution in [0.2, 0.25) is 0 Å². The summed E-state index contributed by atoms with van der Waals surface area (Å²) in [6.07, 6.45) is 2.00. The summed E-state index contributed by atoms with van der Waals surface area (Å²) in [4.78, 5) is 9.26. The molecule has 2 atom stereocenters. The van der Waals surface area contributed by atoms with Gasteiger partial charge in [0.25, 0.3) is 0 Å². The van der Waals surface area contributed by atoms with E-state index in [1.165, 1.54) is 5.56 Å². The summed E-state index contributed by atoms with van der Waals surface area (Å²) in [6, 6.07) is 5.11. The summed E-state index contributed by atoms with van der Waals surface area (Å²) in [5, 5.41) is 3.45. The minimum Gasteiger partial charge on any atom is -0.312 e. The van der Waals surface area contributed by atoms with Crippen LogP contribution in [0.5, 0.6) is 0 Å². The molecule has 100 valence electrons. The molecule has 0 bridgehead atoms. The minimum atomic E-state index is 0.339. The number of hydrogen-bond acceptors (Lipinski definition) is 4. The molecule has 2 heterocycles. The van der Waals surface area contributed by atoms with Crippen LogP contribution in [0.1, 0.15) is 17.3 Å². The zero-order valence-corrected chi connectivity index (χ0v) is 11.8. The third kappa shape index (κ3) is 2.88. The molecule has 4 nitrogen and oxygen atoms in total. The zero-order chi connectivity index (χ0) is 13.1. The molecule has 1 aliphatic rings. The van der Waals surface area contributed by atoms with Gasteiger partial charge >= 0.3 is 0 Å². The van der Waals surface area contributed by atoms with Gasteiger partial charge in [-0.15, -0.1) is 0 Å². The van der Waals surface area contributed by atoms with E-state index in [1.54, 1.807) is 0 Å². The first kappa shape index (κ1) is 13.5. The van der Waals surface area contributed by atoms with Gasteiger partial charge in [0, 0.05) is 37.6 Å². The first-order valence-corrected chi connectivity index (χ1v) is 6.60. The Labute approximate surface area is 110 Å². The molecule has 0 spiro atoms. The third-order valence-corrected chi connectivity index (χ3v) is 3.89. The average molecular weight is 248 g/mol. The highest BCUT2D eigenvalue weighted by molar-refractivity contribution is 5.19. The average Bonchev–Trinajstić information content (AvgIpc) is 2.37. The standard InChI is InChI=1S/C14H24N4/c1-11-5-6-12(9-16-11)14(15-2)13-10-17(3)7-8-18(13)4/h5-6,9,13-15H,7-8,10H2,1-4H3. The summed E-state index contributed by atoms with van der Waals surface area (Å²) < 4.78 is 0. The molecular weight excluding hydrogens is 224 g/mol. The molecule has 1 aromatic rings. The number of aryl methyl sites for hydroxylation is 1. The minimum absolute atomic E-state index is 0.339. The van der Waals surface area contributed by atoms with Gasteiger partial charge in [-0.25, -0.2) is 0 Å². The van der Waals surface area contributed by atoms with E-state index < -0.39 is 0 Å². The normalized spacial score (nSPS) is 24.1. The van der Waals surface area contributed by atoms with Crippen LogP contribution in [-0.2, 0) is 0 Å². The van der Waals surface area contributed by atoms with Gasteiger partial charge in [-0.1, -0.05) is 6.07 Å². The van der Waals surface area contributed by atoms with E-state index in [9.17, 15) is 0 Å². The molecule has 0 amide bonds. The van der Waals surface area contributed by atoms with Crippen LogP contribution in [0.4, 0.5) is 0 Å². The van der Waals surface area contributed by atoms with E-state index >= 15 is 0 Å². The first-order chi connectivity index (χ1) is 8.61. The lowest BCUT2D eigenvalue weighted by Crippen LogP contribution is -2.54. The van der Waals surface area contributed by atoms with E-state index in [1.807, 2.05) is 20.2 Å². The summed E-state index contributed by atoms with van der Waals surface area (Å²) in [5.74, 6) is 0. The number of nitrogens with zero attached hydrogens (tertiary/aromatic N) is 3. The van der Waals surface area contributed by atoms with E-state index in [2.05, 4.69) is 46.3 Å². The van der Waals surface area contributed by atoms with Crippen molar-refractivity contribution in [2.75, 3.05) is 40.8 Å². The largest absolute Gasteiger partial charge is 0.312 e. The van der Waals surface area contributed by atoms with Crippen molar-refractivity contribution in [3.05, 3.63) is 29.6 Å². The van der Waals surface area contributed by atoms with E-state index in [0.717, 1.165) is 25.3 Å². The second kappa shape index (κ2) is 5.78. The Kier molecular flexibility index (Phi) is 4.32.